The van der Waals surface area contributed by atoms with E-state index in [4.69, 9.17) is 5.11 Å². The molecular weight excluding hydrogens is 208 g/mol. The summed E-state index contributed by atoms with van der Waals surface area (Å²) in [6.07, 6.45) is 6.07. The summed E-state index contributed by atoms with van der Waals surface area (Å²) in [5, 5.41) is 11.6. The molecule has 0 radical (unpaired) electrons. The second kappa shape index (κ2) is 4.72. The number of aliphatic carboxylic acids is 1. The van der Waals surface area contributed by atoms with Gasteiger partial charge in [-0.1, -0.05) is 19.3 Å². The predicted octanol–water partition coefficient (Wildman–Crippen LogP) is 1.05. The maximum Gasteiger partial charge on any atom is 0.323 e. The number of hydrogen-bond acceptors (Lipinski definition) is 2. The van der Waals surface area contributed by atoms with Crippen molar-refractivity contribution in [1.82, 2.24) is 10.2 Å². The van der Waals surface area contributed by atoms with Crippen molar-refractivity contribution in [2.45, 2.75) is 38.1 Å². The lowest BCUT2D eigenvalue weighted by molar-refractivity contribution is -0.137. The third kappa shape index (κ3) is 2.46. The molecule has 1 aliphatic heterocycles. The molecule has 2 aliphatic rings. The minimum atomic E-state index is -0.945. The van der Waals surface area contributed by atoms with Crippen LogP contribution in [0.2, 0.25) is 0 Å². The summed E-state index contributed by atoms with van der Waals surface area (Å²) in [6.45, 7) is 0.366. The maximum absolute atomic E-state index is 11.5. The minimum absolute atomic E-state index is 0.159. The molecule has 1 unspecified atom stereocenters. The number of nitrogens with one attached hydrogen (secondary N) is 1. The zero-order valence-corrected chi connectivity index (χ0v) is 9.32. The standard InChI is InChI=1S/C11H18N2O3/c14-10(15)7-13-6-9(12-11(13)16)8-4-2-1-3-5-8/h8-9H,1-7H2,(H,12,16)(H,14,15). The Labute approximate surface area is 94.8 Å². The van der Waals surface area contributed by atoms with Crippen LogP contribution in [0.15, 0.2) is 0 Å². The van der Waals surface area contributed by atoms with Crippen LogP contribution in [-0.4, -0.2) is 41.1 Å². The normalized spacial score (nSPS) is 26.9. The van der Waals surface area contributed by atoms with E-state index in [1.165, 1.54) is 24.2 Å². The largest absolute Gasteiger partial charge is 0.480 e. The van der Waals surface area contributed by atoms with Crippen LogP contribution in [0.1, 0.15) is 32.1 Å². The fraction of sp³-hybridized carbons (Fsp3) is 0.818. The molecule has 90 valence electrons. The third-order valence-electron chi connectivity index (χ3n) is 3.56. The van der Waals surface area contributed by atoms with E-state index in [1.807, 2.05) is 0 Å². The summed E-state index contributed by atoms with van der Waals surface area (Å²) in [5.41, 5.74) is 0. The molecule has 1 atom stereocenters. The van der Waals surface area contributed by atoms with Crippen LogP contribution in [0.25, 0.3) is 0 Å². The van der Waals surface area contributed by atoms with Gasteiger partial charge in [-0.05, 0) is 18.8 Å². The number of carbonyl (C=O) groups excluding carboxylic acids is 1. The molecule has 0 bridgehead atoms. The Hall–Kier alpha value is -1.26. The number of carboxylic acid groups (broad SMARTS) is 1. The molecule has 2 amide bonds. The summed E-state index contributed by atoms with van der Waals surface area (Å²) >= 11 is 0. The topological polar surface area (TPSA) is 69.6 Å². The van der Waals surface area contributed by atoms with Crippen molar-refractivity contribution in [2.75, 3.05) is 13.1 Å². The minimum Gasteiger partial charge on any atom is -0.480 e. The van der Waals surface area contributed by atoms with Crippen molar-refractivity contribution in [3.8, 4) is 0 Å². The number of urea groups is 1. The van der Waals surface area contributed by atoms with Crippen LogP contribution in [0.4, 0.5) is 4.79 Å². The van der Waals surface area contributed by atoms with Gasteiger partial charge < -0.3 is 15.3 Å². The van der Waals surface area contributed by atoms with Gasteiger partial charge in [-0.25, -0.2) is 4.79 Å². The van der Waals surface area contributed by atoms with E-state index in [9.17, 15) is 9.59 Å². The average Bonchev–Trinajstić information content (AvgIpc) is 2.61. The number of nitrogens with zero attached hydrogens (tertiary/aromatic N) is 1. The number of hydrogen-bond donors (Lipinski definition) is 2. The summed E-state index contributed by atoms with van der Waals surface area (Å²) in [4.78, 5) is 23.5. The van der Waals surface area contributed by atoms with E-state index in [-0.39, 0.29) is 18.6 Å². The molecule has 1 aliphatic carbocycles. The lowest BCUT2D eigenvalue weighted by Crippen LogP contribution is -2.35. The Kier molecular flexibility index (Phi) is 3.31. The quantitative estimate of drug-likeness (QED) is 0.755. The van der Waals surface area contributed by atoms with Crippen molar-refractivity contribution in [2.24, 2.45) is 5.92 Å². The predicted molar refractivity (Wildman–Crippen MR) is 58.1 cm³/mol. The van der Waals surface area contributed by atoms with Crippen LogP contribution in [-0.2, 0) is 4.79 Å². The first-order valence-corrected chi connectivity index (χ1v) is 5.94. The molecule has 2 fully saturated rings. The van der Waals surface area contributed by atoms with Gasteiger partial charge in [0, 0.05) is 6.54 Å². The van der Waals surface area contributed by atoms with Gasteiger partial charge in [0.2, 0.25) is 0 Å². The highest BCUT2D eigenvalue weighted by Crippen LogP contribution is 2.28. The molecule has 2 N–H and O–H groups in total. The monoisotopic (exact) mass is 226 g/mol. The van der Waals surface area contributed by atoms with E-state index in [1.54, 1.807) is 0 Å². The van der Waals surface area contributed by atoms with E-state index in [2.05, 4.69) is 5.32 Å². The van der Waals surface area contributed by atoms with Gasteiger partial charge in [-0.3, -0.25) is 4.79 Å². The summed E-state index contributed by atoms with van der Waals surface area (Å²) < 4.78 is 0. The molecular formula is C11H18N2O3. The van der Waals surface area contributed by atoms with E-state index < -0.39 is 5.97 Å². The summed E-state index contributed by atoms with van der Waals surface area (Å²) in [6, 6.07) is -0.0647. The maximum atomic E-state index is 11.5. The Morgan fingerprint density at radius 2 is 2.06 bits per heavy atom. The van der Waals surface area contributed by atoms with Gasteiger partial charge in [0.25, 0.3) is 0 Å². The third-order valence-corrected chi connectivity index (χ3v) is 3.56. The molecule has 0 aromatic carbocycles. The Morgan fingerprint density at radius 1 is 1.38 bits per heavy atom. The van der Waals surface area contributed by atoms with E-state index >= 15 is 0 Å². The van der Waals surface area contributed by atoms with E-state index in [0.29, 0.717) is 12.5 Å². The molecule has 5 heteroatoms. The molecule has 5 nitrogen and oxygen atoms in total. The Morgan fingerprint density at radius 3 is 2.69 bits per heavy atom. The average molecular weight is 226 g/mol. The first-order chi connectivity index (χ1) is 7.66. The van der Waals surface area contributed by atoms with Crippen LogP contribution in [0.5, 0.6) is 0 Å². The van der Waals surface area contributed by atoms with Crippen molar-refractivity contribution in [3.63, 3.8) is 0 Å². The molecule has 2 rings (SSSR count). The van der Waals surface area contributed by atoms with Crippen molar-refractivity contribution < 1.29 is 14.7 Å². The lowest BCUT2D eigenvalue weighted by Gasteiger charge is -2.26. The summed E-state index contributed by atoms with van der Waals surface area (Å²) in [7, 11) is 0. The molecule has 1 saturated heterocycles. The van der Waals surface area contributed by atoms with Gasteiger partial charge in [0.05, 0.1) is 6.04 Å². The van der Waals surface area contributed by atoms with Gasteiger partial charge in [0.1, 0.15) is 6.54 Å². The first-order valence-electron chi connectivity index (χ1n) is 5.94. The first kappa shape index (κ1) is 11.2. The second-order valence-electron chi connectivity index (χ2n) is 4.73. The summed E-state index contributed by atoms with van der Waals surface area (Å²) in [5.74, 6) is -0.407. The number of amides is 2. The highest BCUT2D eigenvalue weighted by molar-refractivity contribution is 5.82. The van der Waals surface area contributed by atoms with Crippen LogP contribution >= 0.6 is 0 Å². The fourth-order valence-electron chi connectivity index (χ4n) is 2.72. The van der Waals surface area contributed by atoms with Crippen LogP contribution < -0.4 is 5.32 Å². The molecule has 0 aromatic rings. The molecule has 1 heterocycles. The fourth-order valence-corrected chi connectivity index (χ4v) is 2.72. The zero-order chi connectivity index (χ0) is 11.5. The molecule has 0 aromatic heterocycles. The number of carboxylic acids is 1. The zero-order valence-electron chi connectivity index (χ0n) is 9.32. The number of rotatable bonds is 3. The van der Waals surface area contributed by atoms with Crippen molar-refractivity contribution in [1.29, 1.82) is 0 Å². The smallest absolute Gasteiger partial charge is 0.323 e. The van der Waals surface area contributed by atoms with Gasteiger partial charge in [-0.2, -0.15) is 0 Å². The van der Waals surface area contributed by atoms with E-state index in [0.717, 1.165) is 12.8 Å². The molecule has 0 spiro atoms. The highest BCUT2D eigenvalue weighted by atomic mass is 16.4. The SMILES string of the molecule is O=C(O)CN1CC(C2CCCCC2)NC1=O. The lowest BCUT2D eigenvalue weighted by atomic mass is 9.84. The molecule has 1 saturated carbocycles. The van der Waals surface area contributed by atoms with Gasteiger partial charge in [0.15, 0.2) is 0 Å². The van der Waals surface area contributed by atoms with Crippen LogP contribution in [0.3, 0.4) is 0 Å². The second-order valence-corrected chi connectivity index (χ2v) is 4.73. The van der Waals surface area contributed by atoms with Crippen molar-refractivity contribution >= 4 is 12.0 Å². The Bertz CT molecular complexity index is 287. The van der Waals surface area contributed by atoms with Crippen LogP contribution in [0, 0.1) is 5.92 Å². The van der Waals surface area contributed by atoms with Gasteiger partial charge >= 0.3 is 12.0 Å². The Balaban J connectivity index is 1.89. The number of carbonyl (C=O) groups is 2. The van der Waals surface area contributed by atoms with Crippen molar-refractivity contribution in [3.05, 3.63) is 0 Å². The van der Waals surface area contributed by atoms with Gasteiger partial charge in [-0.15, -0.1) is 0 Å². The highest BCUT2D eigenvalue weighted by Gasteiger charge is 2.35. The molecule has 16 heavy (non-hydrogen) atoms.